The molecule has 92 valence electrons. The van der Waals surface area contributed by atoms with Gasteiger partial charge in [0, 0.05) is 26.2 Å². The van der Waals surface area contributed by atoms with Crippen LogP contribution in [0.25, 0.3) is 0 Å². The third kappa shape index (κ3) is 2.23. The quantitative estimate of drug-likeness (QED) is 0.741. The molecule has 0 spiro atoms. The molecule has 4 nitrogen and oxygen atoms in total. The van der Waals surface area contributed by atoms with Gasteiger partial charge in [0.25, 0.3) is 0 Å². The summed E-state index contributed by atoms with van der Waals surface area (Å²) in [5, 5.41) is 0. The van der Waals surface area contributed by atoms with E-state index in [-0.39, 0.29) is 5.91 Å². The van der Waals surface area contributed by atoms with Gasteiger partial charge in [-0.3, -0.25) is 4.79 Å². The summed E-state index contributed by atoms with van der Waals surface area (Å²) in [7, 11) is 0. The first-order valence-electron chi connectivity index (χ1n) is 6.46. The number of likely N-dealkylation sites (N-methyl/N-ethyl adjacent to an activating group) is 1. The van der Waals surface area contributed by atoms with Crippen molar-refractivity contribution in [3.05, 3.63) is 0 Å². The van der Waals surface area contributed by atoms with E-state index in [1.54, 1.807) is 0 Å². The number of carbonyl (C=O) groups excluding carboxylic acids is 1. The van der Waals surface area contributed by atoms with Crippen LogP contribution in [0.3, 0.4) is 0 Å². The lowest BCUT2D eigenvalue weighted by molar-refractivity contribution is -0.138. The molecule has 1 saturated carbocycles. The highest BCUT2D eigenvalue weighted by molar-refractivity contribution is 5.86. The van der Waals surface area contributed by atoms with E-state index in [4.69, 9.17) is 5.73 Å². The highest BCUT2D eigenvalue weighted by Gasteiger charge is 2.40. The standard InChI is InChI=1S/C12H23N3O/c1-2-14-7-9-15(10-8-14)11(16)12(13)5-3-4-6-12/h2-10,13H2,1H3. The van der Waals surface area contributed by atoms with Crippen molar-refractivity contribution in [3.8, 4) is 0 Å². The number of carbonyl (C=O) groups is 1. The van der Waals surface area contributed by atoms with Crippen LogP contribution < -0.4 is 5.73 Å². The van der Waals surface area contributed by atoms with Crippen molar-refractivity contribution in [2.45, 2.75) is 38.1 Å². The predicted octanol–water partition coefficient (Wildman–Crippen LogP) is 0.422. The average Bonchev–Trinajstić information content (AvgIpc) is 2.77. The Hall–Kier alpha value is -0.610. The molecule has 1 amide bonds. The molecule has 1 aliphatic carbocycles. The Balaban J connectivity index is 1.91. The minimum Gasteiger partial charge on any atom is -0.339 e. The lowest BCUT2D eigenvalue weighted by Gasteiger charge is -2.38. The third-order valence-electron chi connectivity index (χ3n) is 4.03. The van der Waals surface area contributed by atoms with E-state index in [1.165, 1.54) is 0 Å². The molecular formula is C12H23N3O. The minimum atomic E-state index is -0.533. The summed E-state index contributed by atoms with van der Waals surface area (Å²) >= 11 is 0. The zero-order valence-corrected chi connectivity index (χ0v) is 10.2. The number of piperazine rings is 1. The molecule has 1 heterocycles. The lowest BCUT2D eigenvalue weighted by Crippen LogP contribution is -2.58. The predicted molar refractivity (Wildman–Crippen MR) is 64.1 cm³/mol. The zero-order valence-electron chi connectivity index (χ0n) is 10.2. The third-order valence-corrected chi connectivity index (χ3v) is 4.03. The van der Waals surface area contributed by atoms with E-state index in [0.29, 0.717) is 0 Å². The monoisotopic (exact) mass is 225 g/mol. The molecule has 1 saturated heterocycles. The van der Waals surface area contributed by atoms with Crippen molar-refractivity contribution in [2.75, 3.05) is 32.7 Å². The summed E-state index contributed by atoms with van der Waals surface area (Å²) in [6, 6.07) is 0. The first kappa shape index (κ1) is 11.9. The van der Waals surface area contributed by atoms with Gasteiger partial charge in [0.1, 0.15) is 0 Å². The Morgan fingerprint density at radius 1 is 1.19 bits per heavy atom. The van der Waals surface area contributed by atoms with E-state index < -0.39 is 5.54 Å². The first-order chi connectivity index (χ1) is 7.65. The van der Waals surface area contributed by atoms with Gasteiger partial charge in [-0.1, -0.05) is 19.8 Å². The van der Waals surface area contributed by atoms with Gasteiger partial charge in [0.05, 0.1) is 5.54 Å². The molecule has 0 radical (unpaired) electrons. The Bertz CT molecular complexity index is 253. The largest absolute Gasteiger partial charge is 0.339 e. The fraction of sp³-hybridized carbons (Fsp3) is 0.917. The molecule has 0 atom stereocenters. The maximum Gasteiger partial charge on any atom is 0.242 e. The molecule has 2 fully saturated rings. The van der Waals surface area contributed by atoms with E-state index in [9.17, 15) is 4.79 Å². The summed E-state index contributed by atoms with van der Waals surface area (Å²) in [6.07, 6.45) is 3.97. The highest BCUT2D eigenvalue weighted by Crippen LogP contribution is 2.29. The Morgan fingerprint density at radius 2 is 1.75 bits per heavy atom. The highest BCUT2D eigenvalue weighted by atomic mass is 16.2. The number of rotatable bonds is 2. The summed E-state index contributed by atoms with van der Waals surface area (Å²) in [6.45, 7) is 6.95. The number of hydrogen-bond donors (Lipinski definition) is 1. The molecule has 0 aromatic carbocycles. The molecule has 0 aromatic rings. The van der Waals surface area contributed by atoms with Crippen LogP contribution in [0.4, 0.5) is 0 Å². The zero-order chi connectivity index (χ0) is 11.6. The van der Waals surface area contributed by atoms with Crippen LogP contribution in [0, 0.1) is 0 Å². The maximum atomic E-state index is 12.3. The van der Waals surface area contributed by atoms with Crippen LogP contribution in [0.2, 0.25) is 0 Å². The van der Waals surface area contributed by atoms with Crippen LogP contribution >= 0.6 is 0 Å². The second kappa shape index (κ2) is 4.72. The van der Waals surface area contributed by atoms with Crippen LogP contribution in [0.5, 0.6) is 0 Å². The van der Waals surface area contributed by atoms with E-state index >= 15 is 0 Å². The molecular weight excluding hydrogens is 202 g/mol. The van der Waals surface area contributed by atoms with Crippen molar-refractivity contribution < 1.29 is 4.79 Å². The second-order valence-electron chi connectivity index (χ2n) is 5.09. The van der Waals surface area contributed by atoms with Crippen LogP contribution in [-0.2, 0) is 4.79 Å². The Morgan fingerprint density at radius 3 is 2.25 bits per heavy atom. The van der Waals surface area contributed by atoms with Gasteiger partial charge in [0.2, 0.25) is 5.91 Å². The van der Waals surface area contributed by atoms with Crippen molar-refractivity contribution in [3.63, 3.8) is 0 Å². The topological polar surface area (TPSA) is 49.6 Å². The van der Waals surface area contributed by atoms with Gasteiger partial charge < -0.3 is 15.5 Å². The van der Waals surface area contributed by atoms with Gasteiger partial charge >= 0.3 is 0 Å². The summed E-state index contributed by atoms with van der Waals surface area (Å²) < 4.78 is 0. The number of amides is 1. The second-order valence-corrected chi connectivity index (χ2v) is 5.09. The minimum absolute atomic E-state index is 0.195. The molecule has 16 heavy (non-hydrogen) atoms. The van der Waals surface area contributed by atoms with Crippen LogP contribution in [0.15, 0.2) is 0 Å². The molecule has 0 aromatic heterocycles. The summed E-state index contributed by atoms with van der Waals surface area (Å²) in [5.74, 6) is 0.195. The van der Waals surface area contributed by atoms with Gasteiger partial charge in [-0.25, -0.2) is 0 Å². The van der Waals surface area contributed by atoms with E-state index in [2.05, 4.69) is 11.8 Å². The number of hydrogen-bond acceptors (Lipinski definition) is 3. The van der Waals surface area contributed by atoms with E-state index in [1.807, 2.05) is 4.90 Å². The first-order valence-corrected chi connectivity index (χ1v) is 6.46. The molecule has 2 aliphatic rings. The number of nitrogens with zero attached hydrogens (tertiary/aromatic N) is 2. The Kier molecular flexibility index (Phi) is 3.50. The van der Waals surface area contributed by atoms with Gasteiger partial charge in [-0.15, -0.1) is 0 Å². The molecule has 1 aliphatic heterocycles. The smallest absolute Gasteiger partial charge is 0.242 e. The van der Waals surface area contributed by atoms with Crippen LogP contribution in [0.1, 0.15) is 32.6 Å². The molecule has 0 unspecified atom stereocenters. The SMILES string of the molecule is CCN1CCN(C(=O)C2(N)CCCC2)CC1. The van der Waals surface area contributed by atoms with Crippen molar-refractivity contribution in [1.82, 2.24) is 9.80 Å². The normalized spacial score (nSPS) is 26.0. The molecule has 2 rings (SSSR count). The van der Waals surface area contributed by atoms with Gasteiger partial charge in [-0.05, 0) is 19.4 Å². The summed E-state index contributed by atoms with van der Waals surface area (Å²) in [5.41, 5.74) is 5.66. The molecule has 0 bridgehead atoms. The van der Waals surface area contributed by atoms with Gasteiger partial charge in [0.15, 0.2) is 0 Å². The fourth-order valence-corrected chi connectivity index (χ4v) is 2.80. The average molecular weight is 225 g/mol. The molecule has 4 heteroatoms. The number of nitrogens with two attached hydrogens (primary N) is 1. The van der Waals surface area contributed by atoms with Gasteiger partial charge in [-0.2, -0.15) is 0 Å². The maximum absolute atomic E-state index is 12.3. The lowest BCUT2D eigenvalue weighted by atomic mass is 9.97. The van der Waals surface area contributed by atoms with Crippen molar-refractivity contribution in [1.29, 1.82) is 0 Å². The van der Waals surface area contributed by atoms with Crippen molar-refractivity contribution >= 4 is 5.91 Å². The fourth-order valence-electron chi connectivity index (χ4n) is 2.80. The Labute approximate surface area is 97.8 Å². The van der Waals surface area contributed by atoms with Crippen LogP contribution in [-0.4, -0.2) is 54.0 Å². The van der Waals surface area contributed by atoms with Crippen molar-refractivity contribution in [2.24, 2.45) is 5.73 Å². The molecule has 2 N–H and O–H groups in total. The summed E-state index contributed by atoms with van der Waals surface area (Å²) in [4.78, 5) is 16.6. The van der Waals surface area contributed by atoms with E-state index in [0.717, 1.165) is 58.4 Å².